The Kier molecular flexibility index (Phi) is 8.39. The average molecular weight is 529 g/mol. The van der Waals surface area contributed by atoms with Crippen LogP contribution in [-0.2, 0) is 14.3 Å². The number of ether oxygens (including phenoxy) is 3. The molecule has 0 saturated carbocycles. The lowest BCUT2D eigenvalue weighted by Crippen LogP contribution is -2.38. The molecular formula is C25H28N3O8P. The van der Waals surface area contributed by atoms with Gasteiger partial charge < -0.3 is 19.1 Å². The number of terminal acetylenes is 1. The molecule has 0 radical (unpaired) electrons. The molecule has 0 spiro atoms. The summed E-state index contributed by atoms with van der Waals surface area (Å²) >= 11 is 0. The predicted octanol–water partition coefficient (Wildman–Crippen LogP) is 2.35. The summed E-state index contributed by atoms with van der Waals surface area (Å²) in [6.07, 6.45) is 9.05. The van der Waals surface area contributed by atoms with E-state index < -0.39 is 42.8 Å². The molecule has 0 aliphatic carbocycles. The van der Waals surface area contributed by atoms with Gasteiger partial charge in [0, 0.05) is 11.8 Å². The van der Waals surface area contributed by atoms with Gasteiger partial charge in [-0.05, 0) is 58.9 Å². The fourth-order valence-corrected chi connectivity index (χ4v) is 4.05. The molecule has 12 heteroatoms. The van der Waals surface area contributed by atoms with Gasteiger partial charge in [0.2, 0.25) is 5.75 Å². The van der Waals surface area contributed by atoms with E-state index in [1.807, 2.05) is 0 Å². The van der Waals surface area contributed by atoms with Crippen LogP contribution in [0.1, 0.15) is 39.5 Å². The number of para-hydroxylation sites is 2. The zero-order valence-corrected chi connectivity index (χ0v) is 22.0. The molecule has 37 heavy (non-hydrogen) atoms. The minimum atomic E-state index is -2.66. The second-order valence-electron chi connectivity index (χ2n) is 9.06. The summed E-state index contributed by atoms with van der Waals surface area (Å²) in [6.45, 7) is 7.74. The van der Waals surface area contributed by atoms with E-state index >= 15 is 0 Å². The number of nitrogens with zero attached hydrogens (tertiary/aromatic N) is 2. The van der Waals surface area contributed by atoms with Crippen LogP contribution in [0.5, 0.6) is 11.5 Å². The predicted molar refractivity (Wildman–Crippen MR) is 134 cm³/mol. The standard InChI is InChI=1S/C25H28N3O8P/c1-7-25(13-12-20(35-25)28-14-17(4)21(29)26-23(28)31)15-33-18-10-8-9-11-19(18)36-37(32)27-24(5,6)22(30)34-16(2)3/h1,8-14,16,20H,15H2,2-6H3,(H,26,29,31)/t20-,25+/m1/s1. The van der Waals surface area contributed by atoms with E-state index in [0.717, 1.165) is 0 Å². The summed E-state index contributed by atoms with van der Waals surface area (Å²) in [7, 11) is -2.66. The van der Waals surface area contributed by atoms with E-state index in [9.17, 15) is 19.3 Å². The van der Waals surface area contributed by atoms with Gasteiger partial charge in [0.25, 0.3) is 5.56 Å². The van der Waals surface area contributed by atoms with Crippen molar-refractivity contribution in [1.82, 2.24) is 9.55 Å². The van der Waals surface area contributed by atoms with E-state index in [2.05, 4.69) is 15.6 Å². The number of carbonyl (C=O) groups is 1. The number of carbonyl (C=O) groups excluding carboxylic acids is 1. The second-order valence-corrected chi connectivity index (χ2v) is 9.92. The number of hydrogen-bond acceptors (Lipinski definition) is 9. The molecule has 11 nitrogen and oxygen atoms in total. The van der Waals surface area contributed by atoms with Gasteiger partial charge in [-0.2, -0.15) is 0 Å². The van der Waals surface area contributed by atoms with Gasteiger partial charge in [-0.1, -0.05) is 22.8 Å². The van der Waals surface area contributed by atoms with Gasteiger partial charge in [-0.15, -0.1) is 6.42 Å². The Labute approximate surface area is 214 Å². The molecule has 0 fully saturated rings. The van der Waals surface area contributed by atoms with Crippen molar-refractivity contribution in [2.45, 2.75) is 58.1 Å². The lowest BCUT2D eigenvalue weighted by Gasteiger charge is -2.24. The van der Waals surface area contributed by atoms with Crippen LogP contribution >= 0.6 is 8.17 Å². The first-order chi connectivity index (χ1) is 17.4. The smallest absolute Gasteiger partial charge is 0.395 e. The van der Waals surface area contributed by atoms with E-state index in [4.69, 9.17) is 25.2 Å². The third-order valence-electron chi connectivity index (χ3n) is 5.17. The Balaban J connectivity index is 1.74. The number of H-pyrrole nitrogens is 1. The molecule has 1 aromatic heterocycles. The Morgan fingerprint density at radius 1 is 1.35 bits per heavy atom. The van der Waals surface area contributed by atoms with Crippen LogP contribution in [0.15, 0.2) is 56.9 Å². The van der Waals surface area contributed by atoms with E-state index in [0.29, 0.717) is 5.56 Å². The number of aromatic amines is 1. The number of aryl methyl sites for hydroxylation is 1. The molecule has 0 saturated heterocycles. The van der Waals surface area contributed by atoms with Crippen molar-refractivity contribution in [3.05, 3.63) is 69.0 Å². The quantitative estimate of drug-likeness (QED) is 0.226. The Hall–Kier alpha value is -3.71. The molecule has 2 heterocycles. The van der Waals surface area contributed by atoms with Crippen molar-refractivity contribution >= 4 is 14.1 Å². The highest BCUT2D eigenvalue weighted by Crippen LogP contribution is 2.36. The fourth-order valence-electron chi connectivity index (χ4n) is 3.20. The van der Waals surface area contributed by atoms with Gasteiger partial charge in [0.1, 0.15) is 6.61 Å². The van der Waals surface area contributed by atoms with Crippen LogP contribution in [0, 0.1) is 19.3 Å². The van der Waals surface area contributed by atoms with Gasteiger partial charge in [0.05, 0.1) is 6.10 Å². The molecule has 0 bridgehead atoms. The maximum Gasteiger partial charge on any atom is 0.395 e. The van der Waals surface area contributed by atoms with Crippen molar-refractivity contribution in [1.29, 1.82) is 0 Å². The van der Waals surface area contributed by atoms with Gasteiger partial charge in [-0.25, -0.2) is 9.59 Å². The number of rotatable bonds is 9. The molecule has 0 amide bonds. The molecule has 1 aromatic carbocycles. The SMILES string of the molecule is C#C[C@@]1(COc2ccccc2O/[P+]([O-])=N/C(C)(C)C(=O)OC(C)C)C=C[C@H](n2cc(C)c(=O)[nH]c2=O)O1. The topological polar surface area (TPSA) is 144 Å². The normalized spacial score (nSPS) is 19.5. The Bertz CT molecular complexity index is 1390. The van der Waals surface area contributed by atoms with Crippen LogP contribution < -0.4 is 25.4 Å². The average Bonchev–Trinajstić information content (AvgIpc) is 3.24. The molecule has 1 unspecified atom stereocenters. The fraction of sp³-hybridized carbons (Fsp3) is 0.400. The van der Waals surface area contributed by atoms with E-state index in [1.54, 1.807) is 51.1 Å². The van der Waals surface area contributed by atoms with Crippen molar-refractivity contribution in [3.8, 4) is 23.8 Å². The number of hydrogen-bond donors (Lipinski definition) is 1. The number of aromatic nitrogens is 2. The zero-order chi connectivity index (χ0) is 27.4. The van der Waals surface area contributed by atoms with Crippen LogP contribution in [0.25, 0.3) is 0 Å². The van der Waals surface area contributed by atoms with Crippen LogP contribution in [0.2, 0.25) is 0 Å². The first kappa shape index (κ1) is 27.9. The summed E-state index contributed by atoms with van der Waals surface area (Å²) in [5.74, 6) is 2.20. The lowest BCUT2D eigenvalue weighted by atomic mass is 10.1. The van der Waals surface area contributed by atoms with Crippen molar-refractivity contribution in [2.24, 2.45) is 4.74 Å². The summed E-state index contributed by atoms with van der Waals surface area (Å²) in [5, 5.41) is 0. The minimum absolute atomic E-state index is 0.110. The molecule has 1 aliphatic heterocycles. The highest BCUT2D eigenvalue weighted by Gasteiger charge is 2.37. The monoisotopic (exact) mass is 529 g/mol. The molecule has 3 atom stereocenters. The van der Waals surface area contributed by atoms with Gasteiger partial charge in [-0.3, -0.25) is 18.9 Å². The largest absolute Gasteiger partial charge is 0.575 e. The lowest BCUT2D eigenvalue weighted by molar-refractivity contribution is -0.171. The highest BCUT2D eigenvalue weighted by molar-refractivity contribution is 7.34. The van der Waals surface area contributed by atoms with Crippen LogP contribution in [0.3, 0.4) is 0 Å². The summed E-state index contributed by atoms with van der Waals surface area (Å²) in [4.78, 5) is 50.9. The maximum atomic E-state index is 12.6. The Morgan fingerprint density at radius 3 is 2.68 bits per heavy atom. The Morgan fingerprint density at radius 2 is 2.03 bits per heavy atom. The second kappa shape index (κ2) is 11.1. The molecular weight excluding hydrogens is 501 g/mol. The number of esters is 1. The minimum Gasteiger partial charge on any atom is -0.575 e. The maximum absolute atomic E-state index is 12.6. The van der Waals surface area contributed by atoms with Crippen molar-refractivity contribution in [3.63, 3.8) is 0 Å². The van der Waals surface area contributed by atoms with Crippen LogP contribution in [-0.4, -0.2) is 39.4 Å². The molecule has 196 valence electrons. The third-order valence-corrected chi connectivity index (χ3v) is 6.18. The number of nitrogens with one attached hydrogen (secondary N) is 1. The van der Waals surface area contributed by atoms with E-state index in [1.165, 1.54) is 30.7 Å². The van der Waals surface area contributed by atoms with Gasteiger partial charge in [0.15, 0.2) is 23.1 Å². The number of benzene rings is 1. The van der Waals surface area contributed by atoms with E-state index in [-0.39, 0.29) is 24.2 Å². The molecule has 1 aliphatic rings. The summed E-state index contributed by atoms with van der Waals surface area (Å²) in [6, 6.07) is 6.42. The van der Waals surface area contributed by atoms with Crippen LogP contribution in [0.4, 0.5) is 0 Å². The van der Waals surface area contributed by atoms with Gasteiger partial charge >= 0.3 is 19.8 Å². The molecule has 3 rings (SSSR count). The first-order valence-corrected chi connectivity index (χ1v) is 12.5. The van der Waals surface area contributed by atoms with Crippen molar-refractivity contribution in [2.75, 3.05) is 6.61 Å². The first-order valence-electron chi connectivity index (χ1n) is 11.3. The molecule has 2 aromatic rings. The van der Waals surface area contributed by atoms with Crippen molar-refractivity contribution < 1.29 is 28.4 Å². The summed E-state index contributed by atoms with van der Waals surface area (Å²) < 4.78 is 27.6. The molecule has 1 N–H and O–H groups in total. The summed E-state index contributed by atoms with van der Waals surface area (Å²) in [5.41, 5.74) is -3.54. The highest BCUT2D eigenvalue weighted by atomic mass is 31.1. The third kappa shape index (κ3) is 6.74. The zero-order valence-electron chi connectivity index (χ0n) is 21.1.